The molecule has 0 saturated carbocycles. The van der Waals surface area contributed by atoms with Crippen LogP contribution in [0.15, 0.2) is 6.20 Å². The van der Waals surface area contributed by atoms with E-state index in [-0.39, 0.29) is 11.8 Å². The van der Waals surface area contributed by atoms with Crippen LogP contribution < -0.4 is 4.74 Å². The van der Waals surface area contributed by atoms with Crippen LogP contribution in [0, 0.1) is 6.92 Å². The highest BCUT2D eigenvalue weighted by Gasteiger charge is 2.00. The van der Waals surface area contributed by atoms with Gasteiger partial charge in [0.15, 0.2) is 0 Å². The molecule has 0 bridgehead atoms. The summed E-state index contributed by atoms with van der Waals surface area (Å²) in [4.78, 5) is 7.19. The third-order valence-corrected chi connectivity index (χ3v) is 1.11. The first-order chi connectivity index (χ1) is 5.24. The van der Waals surface area contributed by atoms with E-state index in [2.05, 4.69) is 14.7 Å². The van der Waals surface area contributed by atoms with E-state index in [0.29, 0.717) is 5.69 Å². The number of hydrogen-bond acceptors (Lipinski definition) is 4. The molecule has 0 fully saturated rings. The van der Waals surface area contributed by atoms with Crippen molar-refractivity contribution in [2.45, 2.75) is 6.92 Å². The number of hydrogen-bond donors (Lipinski definition) is 1. The van der Waals surface area contributed by atoms with Crippen molar-refractivity contribution in [1.82, 2.24) is 9.97 Å². The van der Waals surface area contributed by atoms with Crippen molar-refractivity contribution in [1.29, 1.82) is 0 Å². The number of ether oxygens (including phenoxy) is 1. The van der Waals surface area contributed by atoms with Gasteiger partial charge in [0.25, 0.3) is 0 Å². The van der Waals surface area contributed by atoms with Crippen LogP contribution >= 0.6 is 0 Å². The maximum absolute atomic E-state index is 11.5. The van der Waals surface area contributed by atoms with Gasteiger partial charge in [0, 0.05) is 0 Å². The van der Waals surface area contributed by atoms with Gasteiger partial charge in [-0.05, 0) is 6.92 Å². The second-order valence-electron chi connectivity index (χ2n) is 1.87. The Morgan fingerprint density at radius 1 is 1.73 bits per heavy atom. The summed E-state index contributed by atoms with van der Waals surface area (Å²) >= 11 is 0. The van der Waals surface area contributed by atoms with Crippen molar-refractivity contribution in [3.8, 4) is 11.8 Å². The minimum Gasteiger partial charge on any atom is -0.492 e. The first-order valence-corrected chi connectivity index (χ1v) is 2.95. The average Bonchev–Trinajstić information content (AvgIpc) is 1.98. The molecule has 1 N–H and O–H groups in total. The summed E-state index contributed by atoms with van der Waals surface area (Å²) in [6.45, 7) is 0.610. The van der Waals surface area contributed by atoms with Crippen LogP contribution in [-0.2, 0) is 0 Å². The summed E-state index contributed by atoms with van der Waals surface area (Å²) in [5, 5.41) is 8.95. The summed E-state index contributed by atoms with van der Waals surface area (Å²) in [5.41, 5.74) is 0.385. The van der Waals surface area contributed by atoms with Crippen LogP contribution in [-0.4, -0.2) is 21.9 Å². The molecule has 4 nitrogen and oxygen atoms in total. The third kappa shape index (κ3) is 1.76. The molecule has 0 atom stereocenters. The molecule has 1 aromatic rings. The molecule has 0 spiro atoms. The lowest BCUT2D eigenvalue weighted by atomic mass is 10.5. The molecular formula is C6H7FN2O2. The second-order valence-corrected chi connectivity index (χ2v) is 1.87. The predicted molar refractivity (Wildman–Crippen MR) is 35.0 cm³/mol. The SMILES string of the molecule is Cc1ncc(OCF)nc1O. The lowest BCUT2D eigenvalue weighted by molar-refractivity contribution is 0.182. The molecule has 5 heteroatoms. The smallest absolute Gasteiger partial charge is 0.237 e. The van der Waals surface area contributed by atoms with Crippen molar-refractivity contribution in [2.75, 3.05) is 6.86 Å². The zero-order valence-electron chi connectivity index (χ0n) is 5.91. The molecule has 0 saturated heterocycles. The molecule has 0 radical (unpaired) electrons. The highest BCUT2D eigenvalue weighted by atomic mass is 19.1. The quantitative estimate of drug-likeness (QED) is 0.691. The highest BCUT2D eigenvalue weighted by Crippen LogP contribution is 2.13. The van der Waals surface area contributed by atoms with Gasteiger partial charge in [-0.1, -0.05) is 0 Å². The van der Waals surface area contributed by atoms with Crippen molar-refractivity contribution < 1.29 is 14.2 Å². The minimum atomic E-state index is -0.975. The summed E-state index contributed by atoms with van der Waals surface area (Å²) in [7, 11) is 0. The molecule has 1 aromatic heterocycles. The van der Waals surface area contributed by atoms with Crippen LogP contribution in [0.2, 0.25) is 0 Å². The van der Waals surface area contributed by atoms with Crippen molar-refractivity contribution in [3.05, 3.63) is 11.9 Å². The number of aromatic nitrogens is 2. The molecular weight excluding hydrogens is 151 g/mol. The predicted octanol–water partition coefficient (Wildman–Crippen LogP) is 0.796. The summed E-state index contributed by atoms with van der Waals surface area (Å²) in [6.07, 6.45) is 1.24. The van der Waals surface area contributed by atoms with Crippen molar-refractivity contribution in [3.63, 3.8) is 0 Å². The van der Waals surface area contributed by atoms with Gasteiger partial charge in [0.1, 0.15) is 0 Å². The fraction of sp³-hybridized carbons (Fsp3) is 0.333. The molecule has 0 aromatic carbocycles. The Hall–Kier alpha value is -1.39. The summed E-state index contributed by atoms with van der Waals surface area (Å²) < 4.78 is 15.9. The van der Waals surface area contributed by atoms with Gasteiger partial charge in [-0.25, -0.2) is 4.39 Å². The fourth-order valence-corrected chi connectivity index (χ4v) is 0.549. The lowest BCUT2D eigenvalue weighted by Crippen LogP contribution is -1.95. The molecule has 60 valence electrons. The van der Waals surface area contributed by atoms with Gasteiger partial charge in [0.2, 0.25) is 18.6 Å². The fourth-order valence-electron chi connectivity index (χ4n) is 0.549. The Morgan fingerprint density at radius 2 is 2.45 bits per heavy atom. The number of nitrogens with zero attached hydrogens (tertiary/aromatic N) is 2. The van der Waals surface area contributed by atoms with E-state index in [4.69, 9.17) is 5.11 Å². The normalized spacial score (nSPS) is 9.64. The van der Waals surface area contributed by atoms with E-state index in [1.165, 1.54) is 6.20 Å². The lowest BCUT2D eigenvalue weighted by Gasteiger charge is -2.00. The maximum Gasteiger partial charge on any atom is 0.237 e. The molecule has 0 aliphatic heterocycles. The zero-order valence-corrected chi connectivity index (χ0v) is 5.91. The Balaban J connectivity index is 2.86. The van der Waals surface area contributed by atoms with Gasteiger partial charge in [-0.3, -0.25) is 4.98 Å². The van der Waals surface area contributed by atoms with Gasteiger partial charge < -0.3 is 9.84 Å². The third-order valence-electron chi connectivity index (χ3n) is 1.11. The minimum absolute atomic E-state index is 0.0180. The standard InChI is InChI=1S/C6H7FN2O2/c1-4-6(10)9-5(2-8-4)11-3-7/h2H,3H2,1H3,(H,9,10). The van der Waals surface area contributed by atoms with E-state index in [0.717, 1.165) is 0 Å². The average molecular weight is 158 g/mol. The number of halogens is 1. The number of aromatic hydroxyl groups is 1. The number of alkyl halides is 1. The van der Waals surface area contributed by atoms with Gasteiger partial charge in [0.05, 0.1) is 11.9 Å². The zero-order chi connectivity index (χ0) is 8.27. The van der Waals surface area contributed by atoms with Gasteiger partial charge in [-0.15, -0.1) is 0 Å². The van der Waals surface area contributed by atoms with Gasteiger partial charge in [-0.2, -0.15) is 4.98 Å². The van der Waals surface area contributed by atoms with Gasteiger partial charge >= 0.3 is 0 Å². The Morgan fingerprint density at radius 3 is 3.00 bits per heavy atom. The molecule has 1 rings (SSSR count). The number of aryl methyl sites for hydroxylation is 1. The first kappa shape index (κ1) is 7.71. The topological polar surface area (TPSA) is 55.2 Å². The van der Waals surface area contributed by atoms with Crippen LogP contribution in [0.1, 0.15) is 5.69 Å². The molecule has 0 unspecified atom stereocenters. The van der Waals surface area contributed by atoms with Crippen LogP contribution in [0.3, 0.4) is 0 Å². The highest BCUT2D eigenvalue weighted by molar-refractivity contribution is 5.19. The molecule has 0 aliphatic carbocycles. The molecule has 11 heavy (non-hydrogen) atoms. The monoisotopic (exact) mass is 158 g/mol. The number of rotatable bonds is 2. The van der Waals surface area contributed by atoms with E-state index in [1.54, 1.807) is 6.92 Å². The second kappa shape index (κ2) is 3.14. The van der Waals surface area contributed by atoms with Crippen molar-refractivity contribution >= 4 is 0 Å². The van der Waals surface area contributed by atoms with E-state index >= 15 is 0 Å². The van der Waals surface area contributed by atoms with E-state index < -0.39 is 6.86 Å². The summed E-state index contributed by atoms with van der Waals surface area (Å²) in [5.74, 6) is -0.258. The largest absolute Gasteiger partial charge is 0.492 e. The van der Waals surface area contributed by atoms with Crippen LogP contribution in [0.25, 0.3) is 0 Å². The van der Waals surface area contributed by atoms with Crippen LogP contribution in [0.4, 0.5) is 4.39 Å². The maximum atomic E-state index is 11.5. The molecule has 0 amide bonds. The van der Waals surface area contributed by atoms with E-state index in [1.807, 2.05) is 0 Å². The van der Waals surface area contributed by atoms with E-state index in [9.17, 15) is 4.39 Å². The summed E-state index contributed by atoms with van der Waals surface area (Å²) in [6, 6.07) is 0. The van der Waals surface area contributed by atoms with Crippen LogP contribution in [0.5, 0.6) is 11.8 Å². The first-order valence-electron chi connectivity index (χ1n) is 2.95. The Bertz CT molecular complexity index is 254. The Kier molecular flexibility index (Phi) is 2.20. The molecule has 1 heterocycles. The molecule has 0 aliphatic rings. The Labute approximate surface area is 62.7 Å². The van der Waals surface area contributed by atoms with Crippen molar-refractivity contribution in [2.24, 2.45) is 0 Å².